The van der Waals surface area contributed by atoms with E-state index < -0.39 is 0 Å². The Morgan fingerprint density at radius 2 is 1.92 bits per heavy atom. The molecule has 1 unspecified atom stereocenters. The summed E-state index contributed by atoms with van der Waals surface area (Å²) in [5, 5.41) is 3.37. The Hall–Kier alpha value is -2.69. The molecule has 0 amide bonds. The Morgan fingerprint density at radius 3 is 2.77 bits per heavy atom. The number of hydrogen-bond acceptors (Lipinski definition) is 5. The molecule has 0 spiro atoms. The smallest absolute Gasteiger partial charge is 0.137 e. The molecule has 3 aliphatic rings. The third-order valence-electron chi connectivity index (χ3n) is 5.50. The lowest BCUT2D eigenvalue weighted by molar-refractivity contribution is 0.711. The Balaban J connectivity index is 1.35. The molecule has 1 N–H and O–H groups in total. The van der Waals surface area contributed by atoms with Crippen LogP contribution in [0, 0.1) is 5.92 Å². The van der Waals surface area contributed by atoms with Crippen molar-refractivity contribution in [2.45, 2.75) is 31.7 Å². The second-order valence-electron chi connectivity index (χ2n) is 7.34. The highest BCUT2D eigenvalue weighted by atomic mass is 15.2. The maximum Gasteiger partial charge on any atom is 0.137 e. The van der Waals surface area contributed by atoms with Crippen molar-refractivity contribution in [1.29, 1.82) is 0 Å². The van der Waals surface area contributed by atoms with Crippen LogP contribution in [0.4, 0.5) is 11.6 Å². The summed E-state index contributed by atoms with van der Waals surface area (Å²) in [4.78, 5) is 15.9. The predicted octanol–water partition coefficient (Wildman–Crippen LogP) is 3.98. The highest BCUT2D eigenvalue weighted by molar-refractivity contribution is 6.05. The number of nitrogens with one attached hydrogen (secondary N) is 1. The Bertz CT molecular complexity index is 854. The van der Waals surface area contributed by atoms with Gasteiger partial charge < -0.3 is 10.2 Å². The lowest BCUT2D eigenvalue weighted by Gasteiger charge is -2.26. The minimum Gasteiger partial charge on any atom is -0.349 e. The molecule has 2 aliphatic heterocycles. The van der Waals surface area contributed by atoms with Gasteiger partial charge in [-0.3, -0.25) is 4.99 Å². The maximum absolute atomic E-state index is 4.60. The van der Waals surface area contributed by atoms with E-state index in [4.69, 9.17) is 0 Å². The lowest BCUT2D eigenvalue weighted by atomic mass is 10.0. The van der Waals surface area contributed by atoms with Crippen LogP contribution in [0.5, 0.6) is 0 Å². The first-order valence-corrected chi connectivity index (χ1v) is 9.52. The second-order valence-corrected chi connectivity index (χ2v) is 7.34. The largest absolute Gasteiger partial charge is 0.349 e. The van der Waals surface area contributed by atoms with Crippen molar-refractivity contribution >= 4 is 17.5 Å². The molecular weight excluding hydrogens is 322 g/mol. The summed E-state index contributed by atoms with van der Waals surface area (Å²) in [6, 6.07) is 13.2. The summed E-state index contributed by atoms with van der Waals surface area (Å²) in [6.07, 6.45) is 8.84. The van der Waals surface area contributed by atoms with Crippen molar-refractivity contribution in [3.05, 3.63) is 59.9 Å². The third kappa shape index (κ3) is 3.09. The molecule has 26 heavy (non-hydrogen) atoms. The van der Waals surface area contributed by atoms with Crippen LogP contribution >= 0.6 is 0 Å². The highest BCUT2D eigenvalue weighted by Gasteiger charge is 2.29. The van der Waals surface area contributed by atoms with Gasteiger partial charge in [-0.2, -0.15) is 0 Å². The molecule has 1 atom stereocenters. The number of hydrogen-bond donors (Lipinski definition) is 1. The van der Waals surface area contributed by atoms with E-state index in [2.05, 4.69) is 61.6 Å². The first-order valence-electron chi connectivity index (χ1n) is 9.52. The van der Waals surface area contributed by atoms with Crippen LogP contribution in [-0.2, 0) is 0 Å². The zero-order chi connectivity index (χ0) is 17.3. The predicted molar refractivity (Wildman–Crippen MR) is 105 cm³/mol. The van der Waals surface area contributed by atoms with Gasteiger partial charge in [0.2, 0.25) is 0 Å². The van der Waals surface area contributed by atoms with E-state index in [9.17, 15) is 0 Å². The molecule has 5 rings (SSSR count). The monoisotopic (exact) mass is 345 g/mol. The molecule has 1 aromatic heterocycles. The van der Waals surface area contributed by atoms with E-state index in [0.29, 0.717) is 6.04 Å². The molecular formula is C21H23N5. The van der Waals surface area contributed by atoms with Crippen molar-refractivity contribution in [2.75, 3.05) is 23.3 Å². The van der Waals surface area contributed by atoms with E-state index in [0.717, 1.165) is 42.9 Å². The van der Waals surface area contributed by atoms with Gasteiger partial charge in [0.25, 0.3) is 0 Å². The normalized spacial score (nSPS) is 22.3. The van der Waals surface area contributed by atoms with Gasteiger partial charge >= 0.3 is 0 Å². The number of aromatic nitrogens is 2. The van der Waals surface area contributed by atoms with Gasteiger partial charge in [-0.1, -0.05) is 30.3 Å². The number of amidine groups is 1. The number of anilines is 2. The molecule has 1 aliphatic carbocycles. The number of benzene rings is 1. The van der Waals surface area contributed by atoms with E-state index in [1.54, 1.807) is 6.33 Å². The quantitative estimate of drug-likeness (QED) is 0.911. The van der Waals surface area contributed by atoms with Crippen LogP contribution in [0.1, 0.15) is 37.3 Å². The minimum atomic E-state index is 0.393. The van der Waals surface area contributed by atoms with Crippen molar-refractivity contribution in [3.63, 3.8) is 0 Å². The maximum atomic E-state index is 4.60. The lowest BCUT2D eigenvalue weighted by Crippen LogP contribution is -2.24. The van der Waals surface area contributed by atoms with Gasteiger partial charge in [0, 0.05) is 12.6 Å². The van der Waals surface area contributed by atoms with Crippen LogP contribution in [0.15, 0.2) is 59.4 Å². The van der Waals surface area contributed by atoms with E-state index in [1.165, 1.54) is 30.4 Å². The molecule has 2 aromatic rings. The fourth-order valence-electron chi connectivity index (χ4n) is 3.99. The average Bonchev–Trinajstić information content (AvgIpc) is 3.23. The number of rotatable bonds is 4. The summed E-state index contributed by atoms with van der Waals surface area (Å²) in [5.41, 5.74) is 2.82. The summed E-state index contributed by atoms with van der Waals surface area (Å²) >= 11 is 0. The topological polar surface area (TPSA) is 53.4 Å². The van der Waals surface area contributed by atoms with E-state index in [-0.39, 0.29) is 0 Å². The summed E-state index contributed by atoms with van der Waals surface area (Å²) in [6.45, 7) is 1.87. The van der Waals surface area contributed by atoms with Crippen LogP contribution in [0.2, 0.25) is 0 Å². The molecule has 132 valence electrons. The molecule has 5 nitrogen and oxygen atoms in total. The van der Waals surface area contributed by atoms with Crippen molar-refractivity contribution < 1.29 is 0 Å². The second kappa shape index (κ2) is 6.56. The van der Waals surface area contributed by atoms with Gasteiger partial charge in [0.1, 0.15) is 23.8 Å². The molecule has 1 saturated heterocycles. The van der Waals surface area contributed by atoms with Gasteiger partial charge in [0.05, 0.1) is 12.6 Å². The molecule has 5 heteroatoms. The Morgan fingerprint density at radius 1 is 1.04 bits per heavy atom. The average molecular weight is 345 g/mol. The fourth-order valence-corrected chi connectivity index (χ4v) is 3.99. The van der Waals surface area contributed by atoms with Crippen LogP contribution in [0.25, 0.3) is 0 Å². The SMILES string of the molecule is C1=C(C2CC2)CN=C1Nc1cc(N2CCCC2c2ccccc2)ncn1. The number of aliphatic imine (C=N–C) groups is 1. The van der Waals surface area contributed by atoms with Crippen molar-refractivity contribution in [2.24, 2.45) is 10.9 Å². The van der Waals surface area contributed by atoms with Crippen LogP contribution < -0.4 is 10.2 Å². The van der Waals surface area contributed by atoms with Crippen LogP contribution in [-0.4, -0.2) is 28.9 Å². The number of nitrogens with zero attached hydrogens (tertiary/aromatic N) is 4. The van der Waals surface area contributed by atoms with E-state index >= 15 is 0 Å². The Labute approximate surface area is 153 Å². The summed E-state index contributed by atoms with van der Waals surface area (Å²) < 4.78 is 0. The first kappa shape index (κ1) is 15.6. The molecule has 0 bridgehead atoms. The van der Waals surface area contributed by atoms with Crippen molar-refractivity contribution in [3.8, 4) is 0 Å². The molecule has 0 radical (unpaired) electrons. The molecule has 1 saturated carbocycles. The molecule has 2 fully saturated rings. The highest BCUT2D eigenvalue weighted by Crippen LogP contribution is 2.38. The zero-order valence-corrected chi connectivity index (χ0v) is 14.8. The summed E-state index contributed by atoms with van der Waals surface area (Å²) in [5.74, 6) is 3.51. The van der Waals surface area contributed by atoms with Crippen molar-refractivity contribution in [1.82, 2.24) is 9.97 Å². The molecule has 1 aromatic carbocycles. The molecule has 3 heterocycles. The fraction of sp³-hybridized carbons (Fsp3) is 0.381. The van der Waals surface area contributed by atoms with Crippen LogP contribution in [0.3, 0.4) is 0 Å². The standard InChI is InChI=1S/C21H23N5/c1-2-5-16(6-3-1)18-7-4-10-26(18)21-12-20(23-14-24-21)25-19-11-17(13-22-19)15-8-9-15/h1-3,5-6,11-12,14-15,18H,4,7-10,13H2,(H,22,23,24,25). The third-order valence-corrected chi connectivity index (χ3v) is 5.50. The minimum absolute atomic E-state index is 0.393. The van der Waals surface area contributed by atoms with Gasteiger partial charge in [-0.15, -0.1) is 0 Å². The van der Waals surface area contributed by atoms with E-state index in [1.807, 2.05) is 6.07 Å². The zero-order valence-electron chi connectivity index (χ0n) is 14.8. The van der Waals surface area contributed by atoms with Gasteiger partial charge in [-0.05, 0) is 48.8 Å². The first-order chi connectivity index (χ1) is 12.9. The summed E-state index contributed by atoms with van der Waals surface area (Å²) in [7, 11) is 0. The van der Waals surface area contributed by atoms with Gasteiger partial charge in [-0.25, -0.2) is 9.97 Å². The van der Waals surface area contributed by atoms with Gasteiger partial charge in [0.15, 0.2) is 0 Å². The Kier molecular flexibility index (Phi) is 3.92.